The lowest BCUT2D eigenvalue weighted by Gasteiger charge is -2.37. The van der Waals surface area contributed by atoms with Gasteiger partial charge in [-0.3, -0.25) is 16.0 Å². The largest absolute Gasteiger partial charge is 0.447 e. The highest BCUT2D eigenvalue weighted by Gasteiger charge is 2.43. The minimum Gasteiger partial charge on any atom is -0.447 e. The normalized spacial score (nSPS) is 19.9. The summed E-state index contributed by atoms with van der Waals surface area (Å²) in [5.41, 5.74) is 1.22. The molecule has 0 saturated carbocycles. The van der Waals surface area contributed by atoms with Gasteiger partial charge in [0.2, 0.25) is 0 Å². The van der Waals surface area contributed by atoms with Gasteiger partial charge < -0.3 is 24.1 Å². The Bertz CT molecular complexity index is 1340. The van der Waals surface area contributed by atoms with Crippen molar-refractivity contribution in [2.24, 2.45) is 0 Å². The zero-order valence-corrected chi connectivity index (χ0v) is 23.4. The van der Waals surface area contributed by atoms with E-state index in [4.69, 9.17) is 53.8 Å². The molecule has 1 aliphatic heterocycles. The second kappa shape index (κ2) is 14.2. The Hall–Kier alpha value is -3.74. The van der Waals surface area contributed by atoms with E-state index < -0.39 is 42.9 Å². The van der Waals surface area contributed by atoms with Crippen molar-refractivity contribution in [3.05, 3.63) is 87.9 Å². The SMILES string of the molecule is O=C(Nc1ccc(Cl)cc1)OC[C@@H]1C[C@H](OC(=O)Nc2ccc(Cl)cc2)[C@@H](OC(=O)Nc2ccc(Cl)cc2)[C@H](O)O1. The maximum atomic E-state index is 12.7. The Morgan fingerprint density at radius 2 is 1.12 bits per heavy atom. The van der Waals surface area contributed by atoms with Crippen LogP contribution in [0.5, 0.6) is 0 Å². The lowest BCUT2D eigenvalue weighted by atomic mass is 10.0. The molecule has 0 aromatic heterocycles. The molecule has 3 aromatic rings. The van der Waals surface area contributed by atoms with Gasteiger partial charge in [0.1, 0.15) is 12.7 Å². The van der Waals surface area contributed by atoms with E-state index in [2.05, 4.69) is 16.0 Å². The highest BCUT2D eigenvalue weighted by molar-refractivity contribution is 6.31. The van der Waals surface area contributed by atoms with Crippen molar-refractivity contribution in [2.75, 3.05) is 22.6 Å². The van der Waals surface area contributed by atoms with E-state index in [-0.39, 0.29) is 13.0 Å². The van der Waals surface area contributed by atoms with E-state index in [1.165, 1.54) is 0 Å². The molecule has 4 N–H and O–H groups in total. The number of amides is 3. The first-order valence-corrected chi connectivity index (χ1v) is 13.3. The molecule has 1 saturated heterocycles. The van der Waals surface area contributed by atoms with Crippen LogP contribution in [0.2, 0.25) is 15.1 Å². The third kappa shape index (κ3) is 9.41. The summed E-state index contributed by atoms with van der Waals surface area (Å²) in [4.78, 5) is 37.5. The van der Waals surface area contributed by atoms with E-state index in [1.54, 1.807) is 72.8 Å². The zero-order valence-electron chi connectivity index (χ0n) is 21.1. The predicted octanol–water partition coefficient (Wildman–Crippen LogP) is 6.54. The van der Waals surface area contributed by atoms with Gasteiger partial charge in [0, 0.05) is 38.6 Å². The van der Waals surface area contributed by atoms with Gasteiger partial charge in [-0.1, -0.05) is 34.8 Å². The monoisotopic (exact) mass is 623 g/mol. The van der Waals surface area contributed by atoms with Gasteiger partial charge in [-0.25, -0.2) is 14.4 Å². The Balaban J connectivity index is 1.39. The van der Waals surface area contributed by atoms with Gasteiger partial charge in [0.05, 0.1) is 6.10 Å². The number of aliphatic hydroxyl groups excluding tert-OH is 1. The minimum absolute atomic E-state index is 0.0851. The average Bonchev–Trinajstić information content (AvgIpc) is 2.93. The quantitative estimate of drug-likeness (QED) is 0.217. The summed E-state index contributed by atoms with van der Waals surface area (Å²) in [7, 11) is 0. The molecule has 0 aliphatic carbocycles. The molecular weight excluding hydrogens is 601 g/mol. The molecule has 0 unspecified atom stereocenters. The summed E-state index contributed by atoms with van der Waals surface area (Å²) >= 11 is 17.6. The van der Waals surface area contributed by atoms with E-state index in [1.807, 2.05) is 0 Å². The number of hydrogen-bond acceptors (Lipinski definition) is 8. The van der Waals surface area contributed by atoms with Crippen LogP contribution in [-0.4, -0.2) is 54.6 Å². The first kappa shape index (κ1) is 30.2. The average molecular weight is 625 g/mol. The van der Waals surface area contributed by atoms with Crippen LogP contribution in [0.4, 0.5) is 31.4 Å². The lowest BCUT2D eigenvalue weighted by molar-refractivity contribution is -0.248. The van der Waals surface area contributed by atoms with Crippen molar-refractivity contribution < 1.29 is 38.4 Å². The van der Waals surface area contributed by atoms with E-state index in [9.17, 15) is 19.5 Å². The van der Waals surface area contributed by atoms with Crippen LogP contribution in [0.3, 0.4) is 0 Å². The first-order chi connectivity index (χ1) is 19.6. The molecule has 41 heavy (non-hydrogen) atoms. The van der Waals surface area contributed by atoms with Gasteiger partial charge in [-0.05, 0) is 72.8 Å². The molecular formula is C27H24Cl3N3O8. The number of aliphatic hydroxyl groups is 1. The van der Waals surface area contributed by atoms with Gasteiger partial charge in [0.25, 0.3) is 0 Å². The van der Waals surface area contributed by atoms with E-state index in [0.717, 1.165) is 0 Å². The van der Waals surface area contributed by atoms with Gasteiger partial charge in [0.15, 0.2) is 12.4 Å². The van der Waals surface area contributed by atoms with Crippen LogP contribution >= 0.6 is 34.8 Å². The number of benzene rings is 3. The van der Waals surface area contributed by atoms with Crippen LogP contribution in [0.1, 0.15) is 6.42 Å². The van der Waals surface area contributed by atoms with E-state index >= 15 is 0 Å². The van der Waals surface area contributed by atoms with Crippen molar-refractivity contribution >= 4 is 70.1 Å². The van der Waals surface area contributed by atoms with Crippen molar-refractivity contribution in [2.45, 2.75) is 31.0 Å². The summed E-state index contributed by atoms with van der Waals surface area (Å²) in [6.07, 6.45) is -7.94. The third-order valence-corrected chi connectivity index (χ3v) is 6.40. The molecule has 14 heteroatoms. The first-order valence-electron chi connectivity index (χ1n) is 12.1. The van der Waals surface area contributed by atoms with Gasteiger partial charge in [-0.2, -0.15) is 0 Å². The molecule has 0 bridgehead atoms. The molecule has 3 amide bonds. The highest BCUT2D eigenvalue weighted by atomic mass is 35.5. The van der Waals surface area contributed by atoms with Crippen molar-refractivity contribution in [1.29, 1.82) is 0 Å². The van der Waals surface area contributed by atoms with Crippen molar-refractivity contribution in [1.82, 2.24) is 0 Å². The number of hydrogen-bond donors (Lipinski definition) is 4. The predicted molar refractivity (Wildman–Crippen MR) is 153 cm³/mol. The zero-order chi connectivity index (χ0) is 29.4. The molecule has 1 heterocycles. The summed E-state index contributed by atoms with van der Waals surface area (Å²) in [6.45, 7) is -0.307. The Morgan fingerprint density at radius 1 is 0.707 bits per heavy atom. The second-order valence-electron chi connectivity index (χ2n) is 8.69. The molecule has 4 rings (SSSR count). The number of carbonyl (C=O) groups is 3. The van der Waals surface area contributed by atoms with Crippen LogP contribution < -0.4 is 16.0 Å². The van der Waals surface area contributed by atoms with Crippen LogP contribution in [0.15, 0.2) is 72.8 Å². The molecule has 11 nitrogen and oxygen atoms in total. The maximum absolute atomic E-state index is 12.7. The van der Waals surface area contributed by atoms with E-state index in [0.29, 0.717) is 32.1 Å². The summed E-state index contributed by atoms with van der Waals surface area (Å²) in [5.74, 6) is 0. The number of anilines is 3. The standard InChI is InChI=1S/C27H24Cl3N3O8/c28-15-1-7-18(8-2-15)31-25(35)38-14-21-13-22(40-26(36)32-19-9-3-16(29)4-10-19)23(24(34)39-21)41-27(37)33-20-11-5-17(30)6-12-20/h1-12,21-24,34H,13-14H2,(H,31,35)(H,32,36)(H,33,37)/t21-,22-,23+,24+/m0/s1. The number of halogens is 3. The highest BCUT2D eigenvalue weighted by Crippen LogP contribution is 2.26. The van der Waals surface area contributed by atoms with Crippen LogP contribution in [0, 0.1) is 0 Å². The number of nitrogens with one attached hydrogen (secondary N) is 3. The molecule has 3 aromatic carbocycles. The Morgan fingerprint density at radius 3 is 1.59 bits per heavy atom. The lowest BCUT2D eigenvalue weighted by Crippen LogP contribution is -2.53. The number of ether oxygens (including phenoxy) is 4. The van der Waals surface area contributed by atoms with Gasteiger partial charge in [-0.15, -0.1) is 0 Å². The fourth-order valence-electron chi connectivity index (χ4n) is 3.74. The fourth-order valence-corrected chi connectivity index (χ4v) is 4.12. The molecule has 1 fully saturated rings. The fraction of sp³-hybridized carbons (Fsp3) is 0.222. The maximum Gasteiger partial charge on any atom is 0.412 e. The molecule has 0 radical (unpaired) electrons. The molecule has 1 aliphatic rings. The molecule has 216 valence electrons. The molecule has 4 atom stereocenters. The smallest absolute Gasteiger partial charge is 0.412 e. The summed E-state index contributed by atoms with van der Waals surface area (Å²) < 4.78 is 21.6. The molecule has 0 spiro atoms. The van der Waals surface area contributed by atoms with Crippen LogP contribution in [0.25, 0.3) is 0 Å². The summed E-state index contributed by atoms with van der Waals surface area (Å²) in [5, 5.41) is 19.7. The second-order valence-corrected chi connectivity index (χ2v) is 10.0. The van der Waals surface area contributed by atoms with Crippen molar-refractivity contribution in [3.63, 3.8) is 0 Å². The Labute approximate surface area is 249 Å². The van der Waals surface area contributed by atoms with Crippen molar-refractivity contribution in [3.8, 4) is 0 Å². The number of rotatable bonds is 7. The van der Waals surface area contributed by atoms with Gasteiger partial charge >= 0.3 is 18.3 Å². The Kier molecular flexibility index (Phi) is 10.5. The third-order valence-electron chi connectivity index (χ3n) is 5.65. The minimum atomic E-state index is -1.72. The topological polar surface area (TPSA) is 144 Å². The van der Waals surface area contributed by atoms with Crippen LogP contribution in [-0.2, 0) is 18.9 Å². The number of carbonyl (C=O) groups excluding carboxylic acids is 3. The summed E-state index contributed by atoms with van der Waals surface area (Å²) in [6, 6.07) is 18.9.